The van der Waals surface area contributed by atoms with E-state index in [1.165, 1.54) is 18.0 Å². The Morgan fingerprint density at radius 3 is 2.55 bits per heavy atom. The van der Waals surface area contributed by atoms with Gasteiger partial charge >= 0.3 is 11.9 Å². The third-order valence-corrected chi connectivity index (χ3v) is 4.51. The summed E-state index contributed by atoms with van der Waals surface area (Å²) < 4.78 is 11.2. The van der Waals surface area contributed by atoms with Gasteiger partial charge in [-0.1, -0.05) is 18.2 Å². The number of hydrogen-bond donors (Lipinski definition) is 2. The SMILES string of the molecule is COC(=O)c1c(C)[nH]c(C(=O)OCC(=O)Nc2c(C#N)cnn2-c2ccccc2)c1C. The molecule has 0 spiro atoms. The fourth-order valence-corrected chi connectivity index (χ4v) is 3.05. The number of carbonyl (C=O) groups excluding carboxylic acids is 3. The molecular formula is C21H19N5O5. The molecule has 2 heterocycles. The van der Waals surface area contributed by atoms with Crippen LogP contribution in [0.1, 0.15) is 37.7 Å². The number of aromatic nitrogens is 3. The Balaban J connectivity index is 1.72. The van der Waals surface area contributed by atoms with Crippen molar-refractivity contribution in [1.82, 2.24) is 14.8 Å². The van der Waals surface area contributed by atoms with Gasteiger partial charge in [0.25, 0.3) is 5.91 Å². The third kappa shape index (κ3) is 4.30. The van der Waals surface area contributed by atoms with Gasteiger partial charge in [-0.05, 0) is 31.5 Å². The normalized spacial score (nSPS) is 10.3. The number of nitriles is 1. The van der Waals surface area contributed by atoms with Crippen molar-refractivity contribution < 1.29 is 23.9 Å². The molecule has 0 saturated heterocycles. The molecule has 0 radical (unpaired) electrons. The van der Waals surface area contributed by atoms with E-state index < -0.39 is 24.5 Å². The van der Waals surface area contributed by atoms with Crippen molar-refractivity contribution in [3.8, 4) is 11.8 Å². The van der Waals surface area contributed by atoms with Crippen LogP contribution in [0, 0.1) is 25.2 Å². The number of esters is 2. The molecule has 10 nitrogen and oxygen atoms in total. The molecule has 0 aliphatic carbocycles. The number of amides is 1. The second-order valence-corrected chi connectivity index (χ2v) is 6.51. The van der Waals surface area contributed by atoms with Crippen LogP contribution in [-0.4, -0.2) is 46.3 Å². The number of methoxy groups -OCH3 is 1. The second kappa shape index (κ2) is 8.96. The van der Waals surface area contributed by atoms with Gasteiger partial charge in [0.15, 0.2) is 12.4 Å². The van der Waals surface area contributed by atoms with E-state index in [0.717, 1.165) is 0 Å². The summed E-state index contributed by atoms with van der Waals surface area (Å²) in [7, 11) is 1.24. The number of hydrogen-bond acceptors (Lipinski definition) is 7. The van der Waals surface area contributed by atoms with E-state index in [1.807, 2.05) is 12.1 Å². The minimum Gasteiger partial charge on any atom is -0.465 e. The average molecular weight is 421 g/mol. The molecule has 158 valence electrons. The maximum atomic E-state index is 12.4. The van der Waals surface area contributed by atoms with E-state index in [0.29, 0.717) is 16.9 Å². The van der Waals surface area contributed by atoms with Crippen molar-refractivity contribution in [3.63, 3.8) is 0 Å². The second-order valence-electron chi connectivity index (χ2n) is 6.51. The van der Waals surface area contributed by atoms with Crippen LogP contribution in [0.3, 0.4) is 0 Å². The van der Waals surface area contributed by atoms with Crippen molar-refractivity contribution in [2.75, 3.05) is 19.0 Å². The lowest BCUT2D eigenvalue weighted by Gasteiger charge is -2.10. The van der Waals surface area contributed by atoms with Gasteiger partial charge < -0.3 is 19.8 Å². The standard InChI is InChI=1S/C21H19N5O5/c1-12-17(20(28)30-3)13(2)24-18(12)21(29)31-11-16(27)25-19-14(9-22)10-23-26(19)15-7-5-4-6-8-15/h4-8,10,24H,11H2,1-3H3,(H,25,27). The lowest BCUT2D eigenvalue weighted by Crippen LogP contribution is -2.23. The minimum atomic E-state index is -0.803. The molecule has 31 heavy (non-hydrogen) atoms. The number of aromatic amines is 1. The van der Waals surface area contributed by atoms with E-state index in [-0.39, 0.29) is 22.6 Å². The highest BCUT2D eigenvalue weighted by Gasteiger charge is 2.24. The maximum Gasteiger partial charge on any atom is 0.355 e. The van der Waals surface area contributed by atoms with Crippen molar-refractivity contribution in [3.05, 3.63) is 64.6 Å². The van der Waals surface area contributed by atoms with E-state index in [2.05, 4.69) is 15.4 Å². The fourth-order valence-electron chi connectivity index (χ4n) is 3.05. The first kappa shape index (κ1) is 21.3. The molecular weight excluding hydrogens is 402 g/mol. The average Bonchev–Trinajstić information content (AvgIpc) is 3.31. The Labute approximate surface area is 177 Å². The molecule has 2 N–H and O–H groups in total. The lowest BCUT2D eigenvalue weighted by molar-refractivity contribution is -0.119. The number of rotatable bonds is 6. The maximum absolute atomic E-state index is 12.4. The van der Waals surface area contributed by atoms with Crippen LogP contribution in [0.2, 0.25) is 0 Å². The zero-order chi connectivity index (χ0) is 22.5. The van der Waals surface area contributed by atoms with Crippen LogP contribution < -0.4 is 5.32 Å². The molecule has 2 aromatic heterocycles. The molecule has 1 aromatic carbocycles. The molecule has 0 bridgehead atoms. The Morgan fingerprint density at radius 2 is 1.90 bits per heavy atom. The summed E-state index contributed by atoms with van der Waals surface area (Å²) in [6.45, 7) is 2.59. The van der Waals surface area contributed by atoms with Crippen molar-refractivity contribution in [2.45, 2.75) is 13.8 Å². The number of H-pyrrole nitrogens is 1. The van der Waals surface area contributed by atoms with Crippen molar-refractivity contribution >= 4 is 23.7 Å². The summed E-state index contributed by atoms with van der Waals surface area (Å²) >= 11 is 0. The first-order chi connectivity index (χ1) is 14.9. The highest BCUT2D eigenvalue weighted by atomic mass is 16.5. The number of carbonyl (C=O) groups is 3. The molecule has 10 heteroatoms. The lowest BCUT2D eigenvalue weighted by atomic mass is 10.1. The van der Waals surface area contributed by atoms with E-state index >= 15 is 0 Å². The first-order valence-corrected chi connectivity index (χ1v) is 9.15. The molecule has 0 atom stereocenters. The number of nitrogens with one attached hydrogen (secondary N) is 2. The Bertz CT molecular complexity index is 1190. The number of aryl methyl sites for hydroxylation is 1. The minimum absolute atomic E-state index is 0.0535. The Hall–Kier alpha value is -4.39. The summed E-state index contributed by atoms with van der Waals surface area (Å²) in [5.41, 5.74) is 1.91. The van der Waals surface area contributed by atoms with E-state index in [1.54, 1.807) is 38.1 Å². The highest BCUT2D eigenvalue weighted by molar-refractivity contribution is 6.00. The third-order valence-electron chi connectivity index (χ3n) is 4.51. The van der Waals surface area contributed by atoms with Gasteiger partial charge in [0.2, 0.25) is 0 Å². The number of ether oxygens (including phenoxy) is 2. The van der Waals surface area contributed by atoms with Gasteiger partial charge in [-0.2, -0.15) is 10.4 Å². The monoisotopic (exact) mass is 421 g/mol. The number of nitrogens with zero attached hydrogens (tertiary/aromatic N) is 3. The summed E-state index contributed by atoms with van der Waals surface area (Å²) in [6, 6.07) is 10.9. The van der Waals surface area contributed by atoms with Gasteiger partial charge in [0.1, 0.15) is 17.3 Å². The van der Waals surface area contributed by atoms with E-state index in [9.17, 15) is 19.6 Å². The molecule has 0 fully saturated rings. The van der Waals surface area contributed by atoms with Crippen LogP contribution >= 0.6 is 0 Å². The molecule has 0 saturated carbocycles. The predicted octanol–water partition coefficient (Wildman–Crippen LogP) is 2.27. The van der Waals surface area contributed by atoms with Crippen LogP contribution in [0.15, 0.2) is 36.5 Å². The van der Waals surface area contributed by atoms with Gasteiger partial charge in [-0.3, -0.25) is 4.79 Å². The molecule has 0 aliphatic rings. The van der Waals surface area contributed by atoms with Gasteiger partial charge in [-0.25, -0.2) is 14.3 Å². The van der Waals surface area contributed by atoms with Gasteiger partial charge in [0.05, 0.1) is 24.6 Å². The largest absolute Gasteiger partial charge is 0.465 e. The van der Waals surface area contributed by atoms with Crippen LogP contribution in [0.5, 0.6) is 0 Å². The number of para-hydroxylation sites is 1. The van der Waals surface area contributed by atoms with Crippen LogP contribution in [0.4, 0.5) is 5.82 Å². The summed E-state index contributed by atoms with van der Waals surface area (Å²) in [4.78, 5) is 39.4. The van der Waals surface area contributed by atoms with Gasteiger partial charge in [0, 0.05) is 5.69 Å². The number of anilines is 1. The Morgan fingerprint density at radius 1 is 1.19 bits per heavy atom. The summed E-state index contributed by atoms with van der Waals surface area (Å²) in [5, 5.41) is 16.0. The van der Waals surface area contributed by atoms with Crippen LogP contribution in [-0.2, 0) is 14.3 Å². The van der Waals surface area contributed by atoms with E-state index in [4.69, 9.17) is 9.47 Å². The quantitative estimate of drug-likeness (QED) is 0.582. The van der Waals surface area contributed by atoms with Crippen LogP contribution in [0.25, 0.3) is 5.69 Å². The molecule has 3 rings (SSSR count). The predicted molar refractivity (Wildman–Crippen MR) is 109 cm³/mol. The Kier molecular flexibility index (Phi) is 6.16. The summed E-state index contributed by atoms with van der Waals surface area (Å²) in [5.74, 6) is -1.88. The fraction of sp³-hybridized carbons (Fsp3) is 0.190. The van der Waals surface area contributed by atoms with Gasteiger partial charge in [-0.15, -0.1) is 0 Å². The zero-order valence-corrected chi connectivity index (χ0v) is 17.1. The molecule has 1 amide bonds. The highest BCUT2D eigenvalue weighted by Crippen LogP contribution is 2.21. The topological polar surface area (TPSA) is 139 Å². The smallest absolute Gasteiger partial charge is 0.355 e. The molecule has 0 aliphatic heterocycles. The molecule has 3 aromatic rings. The van der Waals surface area contributed by atoms with Crippen molar-refractivity contribution in [2.24, 2.45) is 0 Å². The summed E-state index contributed by atoms with van der Waals surface area (Å²) in [6.07, 6.45) is 1.33. The molecule has 0 unspecified atom stereocenters. The zero-order valence-electron chi connectivity index (χ0n) is 17.1. The first-order valence-electron chi connectivity index (χ1n) is 9.15. The number of benzene rings is 1. The van der Waals surface area contributed by atoms with Crippen molar-refractivity contribution in [1.29, 1.82) is 5.26 Å².